The van der Waals surface area contributed by atoms with Crippen molar-refractivity contribution in [3.05, 3.63) is 59.2 Å². The van der Waals surface area contributed by atoms with E-state index in [1.165, 1.54) is 44.1 Å². The lowest BCUT2D eigenvalue weighted by Gasteiger charge is -2.57. The van der Waals surface area contributed by atoms with E-state index in [2.05, 4.69) is 23.2 Å². The summed E-state index contributed by atoms with van der Waals surface area (Å²) in [7, 11) is 1.77. The molecule has 0 unspecified atom stereocenters. The monoisotopic (exact) mass is 389 g/mol. The molecule has 0 spiro atoms. The van der Waals surface area contributed by atoms with Crippen molar-refractivity contribution in [1.82, 2.24) is 0 Å². The molecule has 4 bridgehead atoms. The lowest BCUT2D eigenvalue weighted by molar-refractivity contribution is -0.00616. The molecule has 4 fully saturated rings. The summed E-state index contributed by atoms with van der Waals surface area (Å²) in [5.41, 5.74) is 3.73. The molecule has 1 N–H and O–H groups in total. The van der Waals surface area contributed by atoms with Crippen LogP contribution in [0.5, 0.6) is 5.75 Å². The van der Waals surface area contributed by atoms with Gasteiger partial charge in [-0.3, -0.25) is 4.99 Å². The van der Waals surface area contributed by atoms with Crippen LogP contribution in [0.25, 0.3) is 0 Å². The van der Waals surface area contributed by atoms with Gasteiger partial charge >= 0.3 is 5.97 Å². The Morgan fingerprint density at radius 3 is 2.21 bits per heavy atom. The maximum atomic E-state index is 11.0. The van der Waals surface area contributed by atoms with E-state index in [-0.39, 0.29) is 11.0 Å². The number of aliphatic imine (C=N–C) groups is 1. The predicted octanol–water partition coefficient (Wildman–Crippen LogP) is 5.61. The zero-order valence-electron chi connectivity index (χ0n) is 16.8. The number of nitrogens with zero attached hydrogens (tertiary/aromatic N) is 1. The van der Waals surface area contributed by atoms with Crippen LogP contribution in [0.15, 0.2) is 47.5 Å². The first-order valence-electron chi connectivity index (χ1n) is 10.6. The number of carboxylic acids is 1. The molecule has 4 nitrogen and oxygen atoms in total. The van der Waals surface area contributed by atoms with Gasteiger partial charge in [0.15, 0.2) is 0 Å². The molecule has 0 heterocycles. The van der Waals surface area contributed by atoms with Crippen LogP contribution in [0, 0.1) is 17.8 Å². The van der Waals surface area contributed by atoms with Crippen molar-refractivity contribution in [3.8, 4) is 5.75 Å². The van der Waals surface area contributed by atoms with Gasteiger partial charge in [0.2, 0.25) is 0 Å². The lowest BCUT2D eigenvalue weighted by Crippen LogP contribution is -2.48. The third-order valence-electron chi connectivity index (χ3n) is 7.31. The Morgan fingerprint density at radius 1 is 1.03 bits per heavy atom. The van der Waals surface area contributed by atoms with Crippen molar-refractivity contribution >= 4 is 17.9 Å². The Morgan fingerprint density at radius 2 is 1.66 bits per heavy atom. The van der Waals surface area contributed by atoms with Gasteiger partial charge in [-0.2, -0.15) is 0 Å². The minimum atomic E-state index is -0.920. The fourth-order valence-corrected chi connectivity index (χ4v) is 6.50. The van der Waals surface area contributed by atoms with Crippen molar-refractivity contribution in [2.45, 2.75) is 43.9 Å². The molecule has 0 aromatic heterocycles. The third-order valence-corrected chi connectivity index (χ3v) is 7.31. The van der Waals surface area contributed by atoms with E-state index in [0.29, 0.717) is 0 Å². The number of aromatic carboxylic acids is 1. The summed E-state index contributed by atoms with van der Waals surface area (Å²) in [5.74, 6) is 2.74. The second kappa shape index (κ2) is 7.01. The first-order valence-corrected chi connectivity index (χ1v) is 10.6. The van der Waals surface area contributed by atoms with Gasteiger partial charge < -0.3 is 9.84 Å². The number of carboxylic acid groups (broad SMARTS) is 1. The molecule has 4 aliphatic carbocycles. The van der Waals surface area contributed by atoms with Crippen LogP contribution in [0.3, 0.4) is 0 Å². The first kappa shape index (κ1) is 18.4. The molecule has 29 heavy (non-hydrogen) atoms. The van der Waals surface area contributed by atoms with Gasteiger partial charge in [-0.25, -0.2) is 4.79 Å². The van der Waals surface area contributed by atoms with Crippen LogP contribution in [-0.2, 0) is 5.41 Å². The number of hydrogen-bond donors (Lipinski definition) is 1. The molecule has 150 valence electrons. The number of rotatable bonds is 5. The molecule has 0 saturated heterocycles. The zero-order chi connectivity index (χ0) is 20.0. The first-order chi connectivity index (χ1) is 14.0. The van der Waals surface area contributed by atoms with Crippen LogP contribution in [0.2, 0.25) is 0 Å². The van der Waals surface area contributed by atoms with Crippen molar-refractivity contribution in [3.63, 3.8) is 0 Å². The number of ether oxygens (including phenoxy) is 1. The number of methoxy groups -OCH3 is 1. The summed E-state index contributed by atoms with van der Waals surface area (Å²) < 4.78 is 5.79. The molecule has 0 amide bonds. The van der Waals surface area contributed by atoms with E-state index in [0.717, 1.165) is 34.8 Å². The summed E-state index contributed by atoms with van der Waals surface area (Å²) in [6, 6.07) is 13.1. The number of carbonyl (C=O) groups is 1. The summed E-state index contributed by atoms with van der Waals surface area (Å²) in [4.78, 5) is 15.6. The highest BCUT2D eigenvalue weighted by molar-refractivity contribution is 5.88. The topological polar surface area (TPSA) is 58.9 Å². The van der Waals surface area contributed by atoms with E-state index in [4.69, 9.17) is 9.84 Å². The fraction of sp³-hybridized carbons (Fsp3) is 0.440. The summed E-state index contributed by atoms with van der Waals surface area (Å²) in [6.07, 6.45) is 10.0. The Labute approximate surface area is 171 Å². The minimum Gasteiger partial charge on any atom is -0.496 e. The highest BCUT2D eigenvalue weighted by Gasteiger charge is 2.52. The Bertz CT molecular complexity index is 925. The van der Waals surface area contributed by atoms with E-state index in [9.17, 15) is 4.79 Å². The van der Waals surface area contributed by atoms with Crippen LogP contribution >= 0.6 is 0 Å². The Hall–Kier alpha value is -2.62. The van der Waals surface area contributed by atoms with Crippen LogP contribution in [0.4, 0.5) is 5.69 Å². The maximum Gasteiger partial charge on any atom is 0.335 e. The van der Waals surface area contributed by atoms with E-state index in [1.807, 2.05) is 6.21 Å². The molecule has 0 aliphatic heterocycles. The van der Waals surface area contributed by atoms with E-state index < -0.39 is 5.97 Å². The molecule has 4 saturated carbocycles. The minimum absolute atomic E-state index is 0.271. The molecule has 2 aromatic rings. The average Bonchev–Trinajstić information content (AvgIpc) is 2.71. The van der Waals surface area contributed by atoms with E-state index >= 15 is 0 Å². The third kappa shape index (κ3) is 3.35. The van der Waals surface area contributed by atoms with Gasteiger partial charge in [-0.1, -0.05) is 0 Å². The Kier molecular flexibility index (Phi) is 4.45. The molecular formula is C25H27NO3. The zero-order valence-corrected chi connectivity index (χ0v) is 16.8. The van der Waals surface area contributed by atoms with Gasteiger partial charge in [-0.15, -0.1) is 0 Å². The van der Waals surface area contributed by atoms with Crippen molar-refractivity contribution in [2.24, 2.45) is 22.7 Å². The van der Waals surface area contributed by atoms with E-state index in [1.54, 1.807) is 31.4 Å². The molecule has 0 atom stereocenters. The lowest BCUT2D eigenvalue weighted by atomic mass is 9.48. The maximum absolute atomic E-state index is 11.0. The highest BCUT2D eigenvalue weighted by atomic mass is 16.5. The van der Waals surface area contributed by atoms with Crippen LogP contribution < -0.4 is 4.74 Å². The molecule has 2 aromatic carbocycles. The van der Waals surface area contributed by atoms with Gasteiger partial charge in [0.25, 0.3) is 0 Å². The number of benzene rings is 2. The second-order valence-corrected chi connectivity index (χ2v) is 9.27. The fourth-order valence-electron chi connectivity index (χ4n) is 6.50. The molecule has 4 heteroatoms. The summed E-state index contributed by atoms with van der Waals surface area (Å²) >= 11 is 0. The molecular weight excluding hydrogens is 362 g/mol. The van der Waals surface area contributed by atoms with Crippen molar-refractivity contribution in [1.29, 1.82) is 0 Å². The standard InChI is InChI=1S/C25H27NO3/c1-29-23-7-2-16(15-26-21-5-3-20(4-6-21)24(27)28)11-22(23)25-12-17-8-18(13-25)10-19(9-17)14-25/h2-7,11,15,17-19H,8-10,12-14H2,1H3,(H,27,28). The van der Waals surface area contributed by atoms with Crippen molar-refractivity contribution in [2.75, 3.05) is 7.11 Å². The Balaban J connectivity index is 1.45. The van der Waals surface area contributed by atoms with Crippen molar-refractivity contribution < 1.29 is 14.6 Å². The van der Waals surface area contributed by atoms with Gasteiger partial charge in [0.05, 0.1) is 18.4 Å². The average molecular weight is 389 g/mol. The highest BCUT2D eigenvalue weighted by Crippen LogP contribution is 2.61. The van der Waals surface area contributed by atoms with Crippen LogP contribution in [0.1, 0.15) is 60.0 Å². The molecule has 0 radical (unpaired) electrons. The second-order valence-electron chi connectivity index (χ2n) is 9.27. The summed E-state index contributed by atoms with van der Waals surface area (Å²) in [5, 5.41) is 9.03. The van der Waals surface area contributed by atoms with Crippen LogP contribution in [-0.4, -0.2) is 24.4 Å². The quantitative estimate of drug-likeness (QED) is 0.676. The summed E-state index contributed by atoms with van der Waals surface area (Å²) in [6.45, 7) is 0. The predicted molar refractivity (Wildman–Crippen MR) is 113 cm³/mol. The molecule has 6 rings (SSSR count). The largest absolute Gasteiger partial charge is 0.496 e. The normalized spacial score (nSPS) is 30.0. The van der Waals surface area contributed by atoms with Gasteiger partial charge in [0.1, 0.15) is 5.75 Å². The van der Waals surface area contributed by atoms with Gasteiger partial charge in [0, 0.05) is 11.8 Å². The van der Waals surface area contributed by atoms with Gasteiger partial charge in [-0.05, 0) is 110 Å². The SMILES string of the molecule is COc1ccc(C=Nc2ccc(C(=O)O)cc2)cc1C12CC3CC(CC(C3)C1)C2. The number of hydrogen-bond acceptors (Lipinski definition) is 3. The smallest absolute Gasteiger partial charge is 0.335 e. The molecule has 4 aliphatic rings.